The normalized spacial score (nSPS) is 17.6. The van der Waals surface area contributed by atoms with Gasteiger partial charge in [0, 0.05) is 19.2 Å². The minimum Gasteiger partial charge on any atom is -0.486 e. The van der Waals surface area contributed by atoms with Crippen molar-refractivity contribution in [1.82, 2.24) is 9.78 Å². The van der Waals surface area contributed by atoms with E-state index >= 15 is 0 Å². The molecule has 0 fully saturated rings. The summed E-state index contributed by atoms with van der Waals surface area (Å²) in [4.78, 5) is 23.6. The minimum absolute atomic E-state index is 0.107. The number of sulfonamides is 1. The van der Waals surface area contributed by atoms with Crippen LogP contribution in [0, 0.1) is 0 Å². The molecular formula is C23H30ClN3O8S. The summed E-state index contributed by atoms with van der Waals surface area (Å²) >= 11 is 6.15. The summed E-state index contributed by atoms with van der Waals surface area (Å²) in [5.74, 6) is -1.81. The van der Waals surface area contributed by atoms with E-state index in [1.54, 1.807) is 33.8 Å². The van der Waals surface area contributed by atoms with E-state index in [4.69, 9.17) is 21.1 Å². The quantitative estimate of drug-likeness (QED) is 0.479. The number of fused-ring (bicyclic) bond motifs is 1. The van der Waals surface area contributed by atoms with Crippen molar-refractivity contribution in [1.29, 1.82) is 0 Å². The molecule has 2 aromatic rings. The number of rotatable bonds is 8. The lowest BCUT2D eigenvalue weighted by atomic mass is 9.97. The molecule has 2 atom stereocenters. The molecule has 1 aliphatic rings. The highest BCUT2D eigenvalue weighted by Crippen LogP contribution is 2.40. The number of carboxylic acid groups (broad SMARTS) is 1. The number of aliphatic carboxylic acids is 1. The van der Waals surface area contributed by atoms with Gasteiger partial charge in [-0.1, -0.05) is 17.7 Å². The number of nitrogens with zero attached hydrogens (tertiary/aromatic N) is 3. The van der Waals surface area contributed by atoms with Crippen molar-refractivity contribution in [3.05, 3.63) is 35.1 Å². The Morgan fingerprint density at radius 2 is 1.94 bits per heavy atom. The van der Waals surface area contributed by atoms with Crippen LogP contribution in [0.3, 0.4) is 0 Å². The Kier molecular flexibility index (Phi) is 7.64. The molecule has 0 aliphatic carbocycles. The van der Waals surface area contributed by atoms with Crippen LogP contribution in [-0.4, -0.2) is 64.2 Å². The number of anilines is 1. The summed E-state index contributed by atoms with van der Waals surface area (Å²) in [5, 5.41) is 23.4. The van der Waals surface area contributed by atoms with Crippen LogP contribution in [0.1, 0.15) is 46.6 Å². The number of halogens is 1. The number of hydrogen-bond acceptors (Lipinski definition) is 8. The first-order valence-electron chi connectivity index (χ1n) is 11.3. The molecule has 198 valence electrons. The van der Waals surface area contributed by atoms with Gasteiger partial charge in [0.25, 0.3) is 10.0 Å². The number of carbonyl (C=O) groups excluding carboxylic acids is 1. The Morgan fingerprint density at radius 1 is 1.28 bits per heavy atom. The van der Waals surface area contributed by atoms with Crippen LogP contribution in [0.25, 0.3) is 0 Å². The fraction of sp³-hybridized carbons (Fsp3) is 0.522. The summed E-state index contributed by atoms with van der Waals surface area (Å²) in [6.07, 6.45) is -0.172. The maximum atomic E-state index is 13.7. The molecule has 0 amide bonds. The zero-order valence-corrected chi connectivity index (χ0v) is 22.3. The van der Waals surface area contributed by atoms with E-state index in [1.807, 2.05) is 0 Å². The van der Waals surface area contributed by atoms with E-state index in [9.17, 15) is 28.2 Å². The number of aliphatic hydroxyl groups is 1. The van der Waals surface area contributed by atoms with Crippen LogP contribution in [0.15, 0.2) is 29.3 Å². The summed E-state index contributed by atoms with van der Waals surface area (Å²) < 4.78 is 41.1. The maximum Gasteiger partial charge on any atom is 0.335 e. The van der Waals surface area contributed by atoms with Gasteiger partial charge in [-0.25, -0.2) is 13.2 Å². The van der Waals surface area contributed by atoms with Gasteiger partial charge in [-0.05, 0) is 52.3 Å². The van der Waals surface area contributed by atoms with Crippen molar-refractivity contribution in [3.63, 3.8) is 0 Å². The predicted molar refractivity (Wildman–Crippen MR) is 131 cm³/mol. The Hall–Kier alpha value is -2.83. The van der Waals surface area contributed by atoms with Gasteiger partial charge >= 0.3 is 11.9 Å². The van der Waals surface area contributed by atoms with Crippen molar-refractivity contribution < 1.29 is 37.7 Å². The van der Waals surface area contributed by atoms with Gasteiger partial charge in [-0.15, -0.1) is 0 Å². The number of carbonyl (C=O) groups is 2. The van der Waals surface area contributed by atoms with E-state index in [1.165, 1.54) is 23.0 Å². The number of hydrogen-bond donors (Lipinski definition) is 2. The lowest BCUT2D eigenvalue weighted by molar-refractivity contribution is -0.159. The van der Waals surface area contributed by atoms with Gasteiger partial charge < -0.3 is 19.7 Å². The van der Waals surface area contributed by atoms with Gasteiger partial charge in [0.2, 0.25) is 0 Å². The summed E-state index contributed by atoms with van der Waals surface area (Å²) in [6.45, 7) is 8.20. The third-order valence-electron chi connectivity index (χ3n) is 5.39. The molecule has 13 heteroatoms. The molecule has 3 rings (SSSR count). The van der Waals surface area contributed by atoms with Gasteiger partial charge in [-0.3, -0.25) is 13.8 Å². The van der Waals surface area contributed by atoms with Crippen LogP contribution >= 0.6 is 11.6 Å². The van der Waals surface area contributed by atoms with Crippen molar-refractivity contribution in [2.45, 2.75) is 76.2 Å². The van der Waals surface area contributed by atoms with Crippen molar-refractivity contribution in [3.8, 4) is 5.75 Å². The van der Waals surface area contributed by atoms with Crippen molar-refractivity contribution >= 4 is 39.3 Å². The number of ether oxygens (including phenoxy) is 2. The number of carboxylic acids is 1. The van der Waals surface area contributed by atoms with Crippen LogP contribution in [-0.2, 0) is 37.3 Å². The molecule has 0 saturated heterocycles. The molecule has 36 heavy (non-hydrogen) atoms. The predicted octanol–water partition coefficient (Wildman–Crippen LogP) is 2.62. The molecule has 2 N–H and O–H groups in total. The van der Waals surface area contributed by atoms with Gasteiger partial charge in [0.15, 0.2) is 10.8 Å². The molecule has 0 unspecified atom stereocenters. The fourth-order valence-corrected chi connectivity index (χ4v) is 5.66. The fourth-order valence-electron chi connectivity index (χ4n) is 3.71. The monoisotopic (exact) mass is 543 g/mol. The molecule has 11 nitrogen and oxygen atoms in total. The lowest BCUT2D eigenvalue weighted by Gasteiger charge is -2.37. The van der Waals surface area contributed by atoms with Crippen LogP contribution in [0.4, 0.5) is 5.69 Å². The van der Waals surface area contributed by atoms with E-state index in [0.29, 0.717) is 12.1 Å². The molecule has 0 saturated carbocycles. The van der Waals surface area contributed by atoms with Crippen LogP contribution in [0.5, 0.6) is 5.75 Å². The van der Waals surface area contributed by atoms with Gasteiger partial charge in [-0.2, -0.15) is 5.10 Å². The first-order valence-corrected chi connectivity index (χ1v) is 13.1. The van der Waals surface area contributed by atoms with E-state index in [-0.39, 0.29) is 40.9 Å². The smallest absolute Gasteiger partial charge is 0.335 e. The van der Waals surface area contributed by atoms with Gasteiger partial charge in [0.1, 0.15) is 22.4 Å². The molecule has 1 aromatic heterocycles. The Balaban J connectivity index is 2.05. The minimum atomic E-state index is -4.29. The Bertz CT molecular complexity index is 1270. The molecule has 1 aromatic carbocycles. The van der Waals surface area contributed by atoms with Crippen molar-refractivity contribution in [2.75, 3.05) is 10.8 Å². The first-order chi connectivity index (χ1) is 16.5. The number of benzene rings is 1. The number of aryl methyl sites for hydroxylation is 1. The SMILES string of the molecule is CCn1cc(S(=O)(=O)N2C[C@H](C[C@](C)(O)C(=O)O)Oc3ccc(CC(=O)OC(C)(C)C)cc32)c(Cl)n1. The van der Waals surface area contributed by atoms with E-state index < -0.39 is 39.3 Å². The summed E-state index contributed by atoms with van der Waals surface area (Å²) in [6, 6.07) is 4.59. The zero-order valence-electron chi connectivity index (χ0n) is 20.7. The second-order valence-corrected chi connectivity index (χ2v) is 12.0. The Labute approximate surface area is 214 Å². The number of esters is 1. The Morgan fingerprint density at radius 3 is 2.50 bits per heavy atom. The third-order valence-corrected chi connectivity index (χ3v) is 7.56. The van der Waals surface area contributed by atoms with Crippen molar-refractivity contribution in [2.24, 2.45) is 0 Å². The molecule has 0 radical (unpaired) electrons. The lowest BCUT2D eigenvalue weighted by Crippen LogP contribution is -2.48. The molecule has 0 spiro atoms. The largest absolute Gasteiger partial charge is 0.486 e. The average molecular weight is 544 g/mol. The number of aromatic nitrogens is 2. The average Bonchev–Trinajstić information content (AvgIpc) is 3.13. The van der Waals surface area contributed by atoms with E-state index in [2.05, 4.69) is 5.10 Å². The standard InChI is InChI=1S/C23H30ClN3O8S/c1-6-26-13-18(20(24)25-26)36(32,33)27-12-15(11-23(5,31)21(29)30)34-17-8-7-14(9-16(17)27)10-19(28)35-22(2,3)4/h7-9,13,15,31H,6,10-12H2,1-5H3,(H,29,30)/t15-,23-/m0/s1. The maximum absolute atomic E-state index is 13.7. The third kappa shape index (κ3) is 6.11. The highest BCUT2D eigenvalue weighted by molar-refractivity contribution is 7.93. The van der Waals surface area contributed by atoms with Gasteiger partial charge in [0.05, 0.1) is 18.7 Å². The van der Waals surface area contributed by atoms with Crippen LogP contribution in [0.2, 0.25) is 5.15 Å². The molecule has 2 heterocycles. The molecule has 1 aliphatic heterocycles. The van der Waals surface area contributed by atoms with Crippen LogP contribution < -0.4 is 9.04 Å². The summed E-state index contributed by atoms with van der Waals surface area (Å²) in [7, 11) is -4.29. The second kappa shape index (κ2) is 9.91. The highest BCUT2D eigenvalue weighted by Gasteiger charge is 2.41. The molecule has 0 bridgehead atoms. The van der Waals surface area contributed by atoms with E-state index in [0.717, 1.165) is 11.2 Å². The second-order valence-electron chi connectivity index (χ2n) is 9.76. The molecular weight excluding hydrogens is 514 g/mol. The topological polar surface area (TPSA) is 148 Å². The highest BCUT2D eigenvalue weighted by atomic mass is 35.5. The first kappa shape index (κ1) is 27.8. The zero-order chi connectivity index (χ0) is 27.1. The summed E-state index contributed by atoms with van der Waals surface area (Å²) in [5.41, 5.74) is -2.21.